The second kappa shape index (κ2) is 5.28. The van der Waals surface area contributed by atoms with E-state index in [2.05, 4.69) is 15.0 Å². The minimum absolute atomic E-state index is 0.168. The van der Waals surface area contributed by atoms with Crippen LogP contribution in [0.25, 0.3) is 22.2 Å². The van der Waals surface area contributed by atoms with Gasteiger partial charge in [-0.25, -0.2) is 4.98 Å². The highest BCUT2D eigenvalue weighted by Gasteiger charge is 2.12. The van der Waals surface area contributed by atoms with Crippen LogP contribution in [0, 0.1) is 0 Å². The molecule has 0 saturated heterocycles. The fourth-order valence-electron chi connectivity index (χ4n) is 2.05. The maximum atomic E-state index is 11.9. The minimum atomic E-state index is -0.168. The van der Waals surface area contributed by atoms with E-state index in [9.17, 15) is 4.79 Å². The molecule has 0 unspecified atom stereocenters. The van der Waals surface area contributed by atoms with Gasteiger partial charge < -0.3 is 4.90 Å². The van der Waals surface area contributed by atoms with Gasteiger partial charge in [0.05, 0.1) is 23.6 Å². The number of rotatable bonds is 2. The highest BCUT2D eigenvalue weighted by molar-refractivity contribution is 5.92. The summed E-state index contributed by atoms with van der Waals surface area (Å²) in [6.45, 7) is 0. The number of hydrogen-bond acceptors (Lipinski definition) is 4. The molecule has 0 radical (unpaired) electrons. The number of nitrogens with zero attached hydrogens (tertiary/aromatic N) is 4. The fraction of sp³-hybridized carbons (Fsp3) is 0.125. The van der Waals surface area contributed by atoms with Gasteiger partial charge in [-0.1, -0.05) is 18.2 Å². The van der Waals surface area contributed by atoms with E-state index in [-0.39, 0.29) is 5.91 Å². The number of aromatic nitrogens is 3. The van der Waals surface area contributed by atoms with Crippen molar-refractivity contribution in [2.24, 2.45) is 0 Å². The van der Waals surface area contributed by atoms with Crippen molar-refractivity contribution in [3.8, 4) is 11.3 Å². The summed E-state index contributed by atoms with van der Waals surface area (Å²) in [7, 11) is 3.38. The zero-order chi connectivity index (χ0) is 14.8. The van der Waals surface area contributed by atoms with Crippen molar-refractivity contribution in [1.82, 2.24) is 19.9 Å². The van der Waals surface area contributed by atoms with E-state index in [1.54, 1.807) is 26.5 Å². The van der Waals surface area contributed by atoms with Crippen molar-refractivity contribution in [3.63, 3.8) is 0 Å². The van der Waals surface area contributed by atoms with Crippen LogP contribution in [0.2, 0.25) is 0 Å². The second-order valence-corrected chi connectivity index (χ2v) is 4.91. The van der Waals surface area contributed by atoms with Gasteiger partial charge in [-0.05, 0) is 12.1 Å². The Morgan fingerprint density at radius 3 is 2.71 bits per heavy atom. The zero-order valence-electron chi connectivity index (χ0n) is 11.8. The first-order chi connectivity index (χ1) is 10.1. The predicted molar refractivity (Wildman–Crippen MR) is 80.8 cm³/mol. The molecule has 2 aromatic heterocycles. The Morgan fingerprint density at radius 2 is 1.90 bits per heavy atom. The minimum Gasteiger partial charge on any atom is -0.343 e. The molecular weight excluding hydrogens is 264 g/mol. The first kappa shape index (κ1) is 13.2. The first-order valence-corrected chi connectivity index (χ1v) is 6.54. The maximum Gasteiger partial charge on any atom is 0.273 e. The van der Waals surface area contributed by atoms with E-state index in [4.69, 9.17) is 0 Å². The molecule has 0 spiro atoms. The summed E-state index contributed by atoms with van der Waals surface area (Å²) >= 11 is 0. The highest BCUT2D eigenvalue weighted by Crippen LogP contribution is 2.20. The van der Waals surface area contributed by atoms with Gasteiger partial charge in [0.15, 0.2) is 0 Å². The molecule has 0 saturated carbocycles. The Kier molecular flexibility index (Phi) is 3.31. The van der Waals surface area contributed by atoms with E-state index in [1.807, 2.05) is 30.3 Å². The van der Waals surface area contributed by atoms with Crippen molar-refractivity contribution in [3.05, 3.63) is 54.6 Å². The van der Waals surface area contributed by atoms with Crippen LogP contribution < -0.4 is 0 Å². The third-order valence-electron chi connectivity index (χ3n) is 3.15. The van der Waals surface area contributed by atoms with Gasteiger partial charge in [0.2, 0.25) is 0 Å². The van der Waals surface area contributed by atoms with Crippen LogP contribution in [0.4, 0.5) is 0 Å². The average molecular weight is 278 g/mol. The van der Waals surface area contributed by atoms with Crippen LogP contribution in [-0.2, 0) is 0 Å². The Balaban J connectivity index is 2.06. The molecule has 5 nitrogen and oxygen atoms in total. The number of hydrogen-bond donors (Lipinski definition) is 0. The summed E-state index contributed by atoms with van der Waals surface area (Å²) in [6.07, 6.45) is 4.86. The third kappa shape index (κ3) is 2.58. The normalized spacial score (nSPS) is 10.6. The average Bonchev–Trinajstić information content (AvgIpc) is 2.53. The Labute approximate surface area is 122 Å². The lowest BCUT2D eigenvalue weighted by atomic mass is 10.1. The molecule has 0 atom stereocenters. The van der Waals surface area contributed by atoms with Gasteiger partial charge in [-0.3, -0.25) is 14.8 Å². The SMILES string of the molecule is CN(C)C(=O)c1cncc(-c2cnc3ccccc3c2)n1. The summed E-state index contributed by atoms with van der Waals surface area (Å²) in [4.78, 5) is 26.3. The van der Waals surface area contributed by atoms with Gasteiger partial charge in [0, 0.05) is 31.2 Å². The van der Waals surface area contributed by atoms with Gasteiger partial charge >= 0.3 is 0 Å². The molecule has 104 valence electrons. The highest BCUT2D eigenvalue weighted by atomic mass is 16.2. The Hall–Kier alpha value is -2.82. The molecule has 1 amide bonds. The number of carbonyl (C=O) groups excluding carboxylic acids is 1. The predicted octanol–water partition coefficient (Wildman–Crippen LogP) is 2.39. The first-order valence-electron chi connectivity index (χ1n) is 6.54. The molecule has 0 aliphatic rings. The molecule has 1 aromatic carbocycles. The van der Waals surface area contributed by atoms with Gasteiger partial charge in [-0.2, -0.15) is 0 Å². The molecular formula is C16H14N4O. The summed E-state index contributed by atoms with van der Waals surface area (Å²) < 4.78 is 0. The van der Waals surface area contributed by atoms with Crippen LogP contribution in [0.3, 0.4) is 0 Å². The van der Waals surface area contributed by atoms with Gasteiger partial charge in [-0.15, -0.1) is 0 Å². The largest absolute Gasteiger partial charge is 0.343 e. The standard InChI is InChI=1S/C16H14N4O/c1-20(2)16(21)15-10-17-9-14(19-15)12-7-11-5-3-4-6-13(11)18-8-12/h3-10H,1-2H3. The van der Waals surface area contributed by atoms with E-state index >= 15 is 0 Å². The van der Waals surface area contributed by atoms with Crippen molar-refractivity contribution in [2.45, 2.75) is 0 Å². The Morgan fingerprint density at radius 1 is 1.10 bits per heavy atom. The molecule has 3 aromatic rings. The van der Waals surface area contributed by atoms with Crippen LogP contribution in [0.1, 0.15) is 10.5 Å². The van der Waals surface area contributed by atoms with Crippen molar-refractivity contribution in [2.75, 3.05) is 14.1 Å². The molecule has 3 rings (SSSR count). The number of para-hydroxylation sites is 1. The third-order valence-corrected chi connectivity index (χ3v) is 3.15. The number of fused-ring (bicyclic) bond motifs is 1. The molecule has 0 fully saturated rings. The summed E-state index contributed by atoms with van der Waals surface area (Å²) in [5, 5.41) is 1.03. The fourth-order valence-corrected chi connectivity index (χ4v) is 2.05. The summed E-state index contributed by atoms with van der Waals surface area (Å²) in [6, 6.07) is 9.86. The zero-order valence-corrected chi connectivity index (χ0v) is 11.8. The smallest absolute Gasteiger partial charge is 0.273 e. The molecule has 0 N–H and O–H groups in total. The quantitative estimate of drug-likeness (QED) is 0.722. The molecule has 0 aliphatic heterocycles. The van der Waals surface area contributed by atoms with Crippen LogP contribution >= 0.6 is 0 Å². The number of carbonyl (C=O) groups is 1. The summed E-state index contributed by atoms with van der Waals surface area (Å²) in [5.74, 6) is -0.168. The number of pyridine rings is 1. The second-order valence-electron chi connectivity index (χ2n) is 4.91. The maximum absolute atomic E-state index is 11.9. The van der Waals surface area contributed by atoms with E-state index in [1.165, 1.54) is 11.1 Å². The number of amides is 1. The van der Waals surface area contributed by atoms with Crippen molar-refractivity contribution >= 4 is 16.8 Å². The van der Waals surface area contributed by atoms with E-state index in [0.717, 1.165) is 16.5 Å². The molecule has 0 aliphatic carbocycles. The van der Waals surface area contributed by atoms with Crippen LogP contribution in [-0.4, -0.2) is 39.9 Å². The molecule has 2 heterocycles. The molecule has 21 heavy (non-hydrogen) atoms. The summed E-state index contributed by atoms with van der Waals surface area (Å²) in [5.41, 5.74) is 2.73. The number of benzene rings is 1. The van der Waals surface area contributed by atoms with Crippen molar-refractivity contribution < 1.29 is 4.79 Å². The lowest BCUT2D eigenvalue weighted by Gasteiger charge is -2.10. The van der Waals surface area contributed by atoms with Crippen LogP contribution in [0.5, 0.6) is 0 Å². The van der Waals surface area contributed by atoms with Gasteiger partial charge in [0.1, 0.15) is 5.69 Å². The van der Waals surface area contributed by atoms with E-state index in [0.29, 0.717) is 11.4 Å². The van der Waals surface area contributed by atoms with Crippen LogP contribution in [0.15, 0.2) is 48.9 Å². The van der Waals surface area contributed by atoms with E-state index < -0.39 is 0 Å². The van der Waals surface area contributed by atoms with Gasteiger partial charge in [0.25, 0.3) is 5.91 Å². The lowest BCUT2D eigenvalue weighted by Crippen LogP contribution is -2.23. The lowest BCUT2D eigenvalue weighted by molar-refractivity contribution is 0.0821. The Bertz CT molecular complexity index is 814. The molecule has 0 bridgehead atoms. The van der Waals surface area contributed by atoms with Crippen molar-refractivity contribution in [1.29, 1.82) is 0 Å². The topological polar surface area (TPSA) is 59.0 Å². The molecule has 5 heteroatoms. The monoisotopic (exact) mass is 278 g/mol.